The fraction of sp³-hybridized carbons (Fsp3) is 0.214. The number of anilines is 1. The molecule has 1 aromatic heterocycles. The number of methoxy groups -OCH3 is 1. The van der Waals surface area contributed by atoms with Crippen LogP contribution in [0.15, 0.2) is 36.5 Å². The van der Waals surface area contributed by atoms with Crippen LogP contribution in [0.1, 0.15) is 11.1 Å². The molecule has 3 nitrogen and oxygen atoms in total. The monoisotopic (exact) mass is 300 g/mol. The van der Waals surface area contributed by atoms with Crippen LogP contribution in [0.4, 0.5) is 23.2 Å². The van der Waals surface area contributed by atoms with E-state index in [0.29, 0.717) is 11.8 Å². The third-order valence-electron chi connectivity index (χ3n) is 2.81. The van der Waals surface area contributed by atoms with Crippen LogP contribution < -0.4 is 10.1 Å². The quantitative estimate of drug-likeness (QED) is 0.871. The minimum absolute atomic E-state index is 0.0604. The normalized spacial score (nSPS) is 11.3. The number of alkyl halides is 3. The van der Waals surface area contributed by atoms with Crippen molar-refractivity contribution in [2.45, 2.75) is 12.7 Å². The minimum atomic E-state index is -4.61. The van der Waals surface area contributed by atoms with E-state index in [4.69, 9.17) is 4.74 Å². The zero-order valence-corrected chi connectivity index (χ0v) is 11.0. The van der Waals surface area contributed by atoms with Crippen LogP contribution >= 0.6 is 0 Å². The Kier molecular flexibility index (Phi) is 4.30. The number of nitrogens with zero attached hydrogens (tertiary/aromatic N) is 1. The average Bonchev–Trinajstić information content (AvgIpc) is 2.45. The van der Waals surface area contributed by atoms with Crippen molar-refractivity contribution in [2.24, 2.45) is 0 Å². The minimum Gasteiger partial charge on any atom is -0.480 e. The summed E-state index contributed by atoms with van der Waals surface area (Å²) in [5.74, 6) is -0.654. The van der Waals surface area contributed by atoms with Crippen LogP contribution in [0.25, 0.3) is 0 Å². The van der Waals surface area contributed by atoms with Crippen molar-refractivity contribution in [3.05, 3.63) is 53.5 Å². The van der Waals surface area contributed by atoms with E-state index in [1.54, 1.807) is 12.1 Å². The summed E-state index contributed by atoms with van der Waals surface area (Å²) in [7, 11) is 1.41. The zero-order valence-electron chi connectivity index (χ0n) is 11.0. The maximum Gasteiger partial charge on any atom is 0.416 e. The Hall–Kier alpha value is -2.31. The molecule has 0 radical (unpaired) electrons. The largest absolute Gasteiger partial charge is 0.480 e. The number of hydrogen-bond donors (Lipinski definition) is 1. The third-order valence-corrected chi connectivity index (χ3v) is 2.81. The molecule has 0 atom stereocenters. The molecule has 1 aromatic carbocycles. The third kappa shape index (κ3) is 3.62. The van der Waals surface area contributed by atoms with Crippen molar-refractivity contribution in [1.82, 2.24) is 4.98 Å². The van der Waals surface area contributed by atoms with Crippen molar-refractivity contribution < 1.29 is 22.3 Å². The molecule has 2 aromatic rings. The standard InChI is InChI=1S/C14H12F4N2O/c1-21-13-12(3-2-6-19-13)20-8-9-4-5-10(15)7-11(9)14(16,17)18/h2-7,20H,8H2,1H3. The molecule has 0 spiro atoms. The first kappa shape index (κ1) is 15.1. The number of pyridine rings is 1. The Morgan fingerprint density at radius 1 is 1.24 bits per heavy atom. The maximum atomic E-state index is 13.0. The number of nitrogens with one attached hydrogen (secondary N) is 1. The predicted octanol–water partition coefficient (Wildman–Crippen LogP) is 3.86. The van der Waals surface area contributed by atoms with Gasteiger partial charge in [-0.05, 0) is 29.8 Å². The van der Waals surface area contributed by atoms with Gasteiger partial charge in [0, 0.05) is 12.7 Å². The summed E-state index contributed by atoms with van der Waals surface area (Å²) < 4.78 is 56.6. The second-order valence-electron chi connectivity index (χ2n) is 4.21. The smallest absolute Gasteiger partial charge is 0.416 e. The lowest BCUT2D eigenvalue weighted by Gasteiger charge is -2.15. The average molecular weight is 300 g/mol. The molecule has 0 aliphatic carbocycles. The van der Waals surface area contributed by atoms with E-state index in [-0.39, 0.29) is 18.0 Å². The number of rotatable bonds is 4. The van der Waals surface area contributed by atoms with Gasteiger partial charge in [-0.25, -0.2) is 9.37 Å². The van der Waals surface area contributed by atoms with Gasteiger partial charge in [-0.2, -0.15) is 13.2 Å². The van der Waals surface area contributed by atoms with E-state index in [9.17, 15) is 17.6 Å². The molecule has 0 aliphatic rings. The molecule has 2 rings (SSSR count). The fourth-order valence-corrected chi connectivity index (χ4v) is 1.85. The molecule has 0 amide bonds. The van der Waals surface area contributed by atoms with Gasteiger partial charge in [0.05, 0.1) is 18.4 Å². The molecule has 1 heterocycles. The Bertz CT molecular complexity index is 629. The zero-order chi connectivity index (χ0) is 15.5. The summed E-state index contributed by atoms with van der Waals surface area (Å²) in [5.41, 5.74) is -0.606. The molecule has 21 heavy (non-hydrogen) atoms. The molecule has 0 unspecified atom stereocenters. The van der Waals surface area contributed by atoms with Crippen LogP contribution in [0.2, 0.25) is 0 Å². The fourth-order valence-electron chi connectivity index (χ4n) is 1.85. The topological polar surface area (TPSA) is 34.1 Å². The first-order valence-corrected chi connectivity index (χ1v) is 6.00. The van der Waals surface area contributed by atoms with E-state index in [0.717, 1.165) is 12.1 Å². The van der Waals surface area contributed by atoms with Crippen LogP contribution in [0.5, 0.6) is 5.88 Å². The predicted molar refractivity (Wildman–Crippen MR) is 69.5 cm³/mol. The highest BCUT2D eigenvalue weighted by Crippen LogP contribution is 2.33. The summed E-state index contributed by atoms with van der Waals surface area (Å²) in [6.07, 6.45) is -3.11. The molecular formula is C14H12F4N2O. The maximum absolute atomic E-state index is 13.0. The van der Waals surface area contributed by atoms with E-state index >= 15 is 0 Å². The highest BCUT2D eigenvalue weighted by molar-refractivity contribution is 5.52. The van der Waals surface area contributed by atoms with Crippen LogP contribution in [0, 0.1) is 5.82 Å². The van der Waals surface area contributed by atoms with Crippen molar-refractivity contribution in [3.63, 3.8) is 0 Å². The summed E-state index contributed by atoms with van der Waals surface area (Å²) >= 11 is 0. The van der Waals surface area contributed by atoms with Crippen LogP contribution in [-0.4, -0.2) is 12.1 Å². The molecule has 7 heteroatoms. The summed E-state index contributed by atoms with van der Waals surface area (Å²) in [6, 6.07) is 5.83. The van der Waals surface area contributed by atoms with Gasteiger partial charge in [-0.1, -0.05) is 6.07 Å². The van der Waals surface area contributed by atoms with E-state index in [1.807, 2.05) is 0 Å². The van der Waals surface area contributed by atoms with Gasteiger partial charge in [0.25, 0.3) is 0 Å². The second-order valence-corrected chi connectivity index (χ2v) is 4.21. The number of benzene rings is 1. The number of ether oxygens (including phenoxy) is 1. The highest BCUT2D eigenvalue weighted by atomic mass is 19.4. The molecule has 0 bridgehead atoms. The lowest BCUT2D eigenvalue weighted by atomic mass is 10.1. The Morgan fingerprint density at radius 2 is 2.00 bits per heavy atom. The van der Waals surface area contributed by atoms with E-state index < -0.39 is 17.6 Å². The molecule has 1 N–H and O–H groups in total. The molecule has 0 saturated carbocycles. The molecule has 112 valence electrons. The van der Waals surface area contributed by atoms with Gasteiger partial charge >= 0.3 is 6.18 Å². The lowest BCUT2D eigenvalue weighted by molar-refractivity contribution is -0.138. The van der Waals surface area contributed by atoms with Crippen molar-refractivity contribution in [1.29, 1.82) is 0 Å². The SMILES string of the molecule is COc1ncccc1NCc1ccc(F)cc1C(F)(F)F. The number of hydrogen-bond acceptors (Lipinski definition) is 3. The van der Waals surface area contributed by atoms with Gasteiger partial charge in [-0.3, -0.25) is 0 Å². The second kappa shape index (κ2) is 5.99. The van der Waals surface area contributed by atoms with Crippen LogP contribution in [-0.2, 0) is 12.7 Å². The van der Waals surface area contributed by atoms with Gasteiger partial charge in [0.1, 0.15) is 5.82 Å². The Balaban J connectivity index is 2.24. The summed E-state index contributed by atoms with van der Waals surface area (Å²) in [4.78, 5) is 3.93. The van der Waals surface area contributed by atoms with Gasteiger partial charge in [0.15, 0.2) is 0 Å². The summed E-state index contributed by atoms with van der Waals surface area (Å²) in [6.45, 7) is -0.128. The molecule has 0 saturated heterocycles. The lowest BCUT2D eigenvalue weighted by Crippen LogP contribution is -2.12. The molecular weight excluding hydrogens is 288 g/mol. The molecule has 0 aliphatic heterocycles. The molecule has 0 fully saturated rings. The van der Waals surface area contributed by atoms with Crippen molar-refractivity contribution in [2.75, 3.05) is 12.4 Å². The van der Waals surface area contributed by atoms with Crippen molar-refractivity contribution in [3.8, 4) is 5.88 Å². The number of halogens is 4. The highest BCUT2D eigenvalue weighted by Gasteiger charge is 2.33. The van der Waals surface area contributed by atoms with E-state index in [2.05, 4.69) is 10.3 Å². The van der Waals surface area contributed by atoms with Crippen molar-refractivity contribution >= 4 is 5.69 Å². The van der Waals surface area contributed by atoms with Gasteiger partial charge < -0.3 is 10.1 Å². The van der Waals surface area contributed by atoms with E-state index in [1.165, 1.54) is 13.3 Å². The van der Waals surface area contributed by atoms with Gasteiger partial charge in [0.2, 0.25) is 5.88 Å². The Labute approximate surface area is 118 Å². The van der Waals surface area contributed by atoms with Crippen LogP contribution in [0.3, 0.4) is 0 Å². The summed E-state index contributed by atoms with van der Waals surface area (Å²) in [5, 5.41) is 2.80. The number of aromatic nitrogens is 1. The Morgan fingerprint density at radius 3 is 2.67 bits per heavy atom. The van der Waals surface area contributed by atoms with Gasteiger partial charge in [-0.15, -0.1) is 0 Å². The first-order chi connectivity index (χ1) is 9.91. The first-order valence-electron chi connectivity index (χ1n) is 6.00.